The molecule has 0 N–H and O–H groups in total. The van der Waals surface area contributed by atoms with Crippen molar-refractivity contribution in [1.29, 1.82) is 5.26 Å². The molecule has 2 heterocycles. The van der Waals surface area contributed by atoms with Gasteiger partial charge in [-0.1, -0.05) is 0 Å². The first kappa shape index (κ1) is 9.41. The van der Waals surface area contributed by atoms with E-state index in [1.54, 1.807) is 18.6 Å². The lowest BCUT2D eigenvalue weighted by molar-refractivity contribution is 0.686. The summed E-state index contributed by atoms with van der Waals surface area (Å²) >= 11 is 0. The number of rotatable bonds is 3. The minimum Gasteiger partial charge on any atom is -0.322 e. The van der Waals surface area contributed by atoms with E-state index in [0.717, 1.165) is 13.0 Å². The molecule has 2 aromatic heterocycles. The van der Waals surface area contributed by atoms with Crippen molar-refractivity contribution in [3.63, 3.8) is 0 Å². The Morgan fingerprint density at radius 3 is 2.80 bits per heavy atom. The Bertz CT molecular complexity index is 467. The summed E-state index contributed by atoms with van der Waals surface area (Å²) in [6.07, 6.45) is 7.89. The van der Waals surface area contributed by atoms with Crippen LogP contribution in [0.2, 0.25) is 0 Å². The fourth-order valence-electron chi connectivity index (χ4n) is 1.40. The Hall–Kier alpha value is -2.15. The van der Waals surface area contributed by atoms with Crippen LogP contribution in [-0.2, 0) is 13.0 Å². The highest BCUT2D eigenvalue weighted by Crippen LogP contribution is 2.02. The van der Waals surface area contributed by atoms with Crippen molar-refractivity contribution in [2.75, 3.05) is 0 Å². The van der Waals surface area contributed by atoms with Gasteiger partial charge < -0.3 is 4.57 Å². The zero-order chi connectivity index (χ0) is 10.5. The molecule has 4 heteroatoms. The predicted octanol–water partition coefficient (Wildman–Crippen LogP) is 1.39. The van der Waals surface area contributed by atoms with Crippen LogP contribution in [0.1, 0.15) is 11.4 Å². The van der Waals surface area contributed by atoms with Crippen molar-refractivity contribution in [3.8, 4) is 6.07 Å². The van der Waals surface area contributed by atoms with Crippen LogP contribution in [0.4, 0.5) is 0 Å². The van der Waals surface area contributed by atoms with Gasteiger partial charge in [-0.15, -0.1) is 0 Å². The second-order valence-corrected chi connectivity index (χ2v) is 3.16. The first-order chi connectivity index (χ1) is 7.40. The Labute approximate surface area is 87.8 Å². The number of nitriles is 1. The third-order valence-electron chi connectivity index (χ3n) is 2.21. The molecule has 0 amide bonds. The maximum absolute atomic E-state index is 8.76. The zero-order valence-electron chi connectivity index (χ0n) is 8.17. The van der Waals surface area contributed by atoms with Gasteiger partial charge in [-0.2, -0.15) is 5.26 Å². The van der Waals surface area contributed by atoms with E-state index in [-0.39, 0.29) is 0 Å². The molecule has 0 spiro atoms. The van der Waals surface area contributed by atoms with Crippen molar-refractivity contribution in [1.82, 2.24) is 14.5 Å². The topological polar surface area (TPSA) is 54.5 Å². The number of pyridine rings is 1. The van der Waals surface area contributed by atoms with E-state index in [1.165, 1.54) is 5.56 Å². The molecule has 0 bridgehead atoms. The molecule has 15 heavy (non-hydrogen) atoms. The summed E-state index contributed by atoms with van der Waals surface area (Å²) in [6.45, 7) is 0.771. The Morgan fingerprint density at radius 1 is 1.27 bits per heavy atom. The largest absolute Gasteiger partial charge is 0.322 e. The monoisotopic (exact) mass is 198 g/mol. The third-order valence-corrected chi connectivity index (χ3v) is 2.21. The van der Waals surface area contributed by atoms with E-state index in [1.807, 2.05) is 22.9 Å². The summed E-state index contributed by atoms with van der Waals surface area (Å²) in [4.78, 5) is 7.89. The van der Waals surface area contributed by atoms with E-state index in [0.29, 0.717) is 5.82 Å². The molecule has 0 saturated heterocycles. The summed E-state index contributed by atoms with van der Waals surface area (Å²) in [5, 5.41) is 8.76. The van der Waals surface area contributed by atoms with Gasteiger partial charge >= 0.3 is 0 Å². The number of nitrogens with zero attached hydrogens (tertiary/aromatic N) is 4. The molecule has 74 valence electrons. The van der Waals surface area contributed by atoms with E-state index >= 15 is 0 Å². The van der Waals surface area contributed by atoms with Crippen LogP contribution in [0.3, 0.4) is 0 Å². The smallest absolute Gasteiger partial charge is 0.212 e. The van der Waals surface area contributed by atoms with Gasteiger partial charge in [-0.3, -0.25) is 4.98 Å². The van der Waals surface area contributed by atoms with Gasteiger partial charge in [0.15, 0.2) is 0 Å². The highest BCUT2D eigenvalue weighted by molar-refractivity contribution is 5.13. The van der Waals surface area contributed by atoms with Gasteiger partial charge in [0.1, 0.15) is 6.07 Å². The molecule has 0 atom stereocenters. The lowest BCUT2D eigenvalue weighted by Crippen LogP contribution is -2.02. The molecule has 2 aromatic rings. The Kier molecular flexibility index (Phi) is 2.75. The first-order valence-corrected chi connectivity index (χ1v) is 4.70. The number of hydrogen-bond acceptors (Lipinski definition) is 3. The van der Waals surface area contributed by atoms with Gasteiger partial charge in [0, 0.05) is 31.3 Å². The summed E-state index contributed by atoms with van der Waals surface area (Å²) in [6, 6.07) is 6.00. The van der Waals surface area contributed by atoms with Crippen LogP contribution >= 0.6 is 0 Å². The lowest BCUT2D eigenvalue weighted by Gasteiger charge is -2.02. The second-order valence-electron chi connectivity index (χ2n) is 3.16. The number of imidazole rings is 1. The van der Waals surface area contributed by atoms with Crippen LogP contribution < -0.4 is 0 Å². The first-order valence-electron chi connectivity index (χ1n) is 4.70. The SMILES string of the molecule is N#Cc1nccn1CCc1ccncc1. The number of aryl methyl sites for hydroxylation is 2. The maximum Gasteiger partial charge on any atom is 0.212 e. The van der Waals surface area contributed by atoms with E-state index in [9.17, 15) is 0 Å². The fraction of sp³-hybridized carbons (Fsp3) is 0.182. The standard InChI is InChI=1S/C11H10N4/c12-9-11-14-6-8-15(11)7-3-10-1-4-13-5-2-10/h1-2,4-6,8H,3,7H2. The quantitative estimate of drug-likeness (QED) is 0.748. The lowest BCUT2D eigenvalue weighted by atomic mass is 10.2. The molecule has 0 fully saturated rings. The molecule has 2 rings (SSSR count). The van der Waals surface area contributed by atoms with Gasteiger partial charge in [-0.25, -0.2) is 4.98 Å². The number of aromatic nitrogens is 3. The van der Waals surface area contributed by atoms with Crippen LogP contribution in [-0.4, -0.2) is 14.5 Å². The molecular weight excluding hydrogens is 188 g/mol. The van der Waals surface area contributed by atoms with Gasteiger partial charge in [-0.05, 0) is 24.1 Å². The molecular formula is C11H10N4. The second kappa shape index (κ2) is 4.38. The normalized spacial score (nSPS) is 9.80. The van der Waals surface area contributed by atoms with E-state index in [4.69, 9.17) is 5.26 Å². The summed E-state index contributed by atoms with van der Waals surface area (Å²) in [7, 11) is 0. The predicted molar refractivity (Wildman–Crippen MR) is 54.9 cm³/mol. The van der Waals surface area contributed by atoms with Gasteiger partial charge in [0.25, 0.3) is 0 Å². The number of hydrogen-bond donors (Lipinski definition) is 0. The summed E-state index contributed by atoms with van der Waals surface area (Å²) in [5.74, 6) is 0.462. The van der Waals surface area contributed by atoms with Gasteiger partial charge in [0.05, 0.1) is 0 Å². The summed E-state index contributed by atoms with van der Waals surface area (Å²) in [5.41, 5.74) is 1.21. The molecule has 0 aliphatic carbocycles. The highest BCUT2D eigenvalue weighted by Gasteiger charge is 2.00. The van der Waals surface area contributed by atoms with Crippen molar-refractivity contribution in [3.05, 3.63) is 48.3 Å². The Morgan fingerprint density at radius 2 is 2.07 bits per heavy atom. The van der Waals surface area contributed by atoms with Crippen LogP contribution in [0, 0.1) is 11.3 Å². The van der Waals surface area contributed by atoms with Crippen molar-refractivity contribution >= 4 is 0 Å². The van der Waals surface area contributed by atoms with Crippen LogP contribution in [0.25, 0.3) is 0 Å². The Balaban J connectivity index is 2.03. The average Bonchev–Trinajstić information content (AvgIpc) is 2.75. The van der Waals surface area contributed by atoms with Crippen LogP contribution in [0.5, 0.6) is 0 Å². The third kappa shape index (κ3) is 2.20. The molecule has 0 unspecified atom stereocenters. The fourth-order valence-corrected chi connectivity index (χ4v) is 1.40. The maximum atomic E-state index is 8.76. The van der Waals surface area contributed by atoms with Gasteiger partial charge in [0.2, 0.25) is 5.82 Å². The van der Waals surface area contributed by atoms with E-state index in [2.05, 4.69) is 16.0 Å². The highest BCUT2D eigenvalue weighted by atomic mass is 15.1. The van der Waals surface area contributed by atoms with E-state index < -0.39 is 0 Å². The molecule has 0 aliphatic heterocycles. The molecule has 0 aliphatic rings. The minimum absolute atomic E-state index is 0.462. The molecule has 0 aromatic carbocycles. The van der Waals surface area contributed by atoms with Crippen molar-refractivity contribution < 1.29 is 0 Å². The van der Waals surface area contributed by atoms with Crippen LogP contribution in [0.15, 0.2) is 36.9 Å². The summed E-state index contributed by atoms with van der Waals surface area (Å²) < 4.78 is 1.85. The zero-order valence-corrected chi connectivity index (χ0v) is 8.17. The molecule has 4 nitrogen and oxygen atoms in total. The molecule has 0 saturated carbocycles. The minimum atomic E-state index is 0.462. The average molecular weight is 198 g/mol. The van der Waals surface area contributed by atoms with Crippen molar-refractivity contribution in [2.24, 2.45) is 0 Å². The van der Waals surface area contributed by atoms with Crippen molar-refractivity contribution in [2.45, 2.75) is 13.0 Å². The molecule has 0 radical (unpaired) electrons.